The van der Waals surface area contributed by atoms with Gasteiger partial charge in [-0.2, -0.15) is 9.59 Å². The van der Waals surface area contributed by atoms with E-state index >= 15 is 0 Å². The summed E-state index contributed by atoms with van der Waals surface area (Å²) in [5, 5.41) is 3.36. The minimum absolute atomic E-state index is 0.250. The van der Waals surface area contributed by atoms with Crippen LogP contribution in [-0.2, 0) is 9.59 Å². The van der Waals surface area contributed by atoms with Gasteiger partial charge in [0.2, 0.25) is 0 Å². The second-order valence-electron chi connectivity index (χ2n) is 3.66. The Labute approximate surface area is 95.3 Å². The van der Waals surface area contributed by atoms with Crippen LogP contribution in [0.1, 0.15) is 5.56 Å². The molecule has 1 aliphatic rings. The Morgan fingerprint density at radius 3 is 2.44 bits per heavy atom. The summed E-state index contributed by atoms with van der Waals surface area (Å²) in [7, 11) is 0. The minimum atomic E-state index is 0.250. The molecule has 0 unspecified atom stereocenters. The molecule has 0 aromatic heterocycles. The average Bonchev–Trinajstić information content (AvgIpc) is 2.31. The molecule has 0 spiro atoms. The molecule has 1 aromatic rings. The van der Waals surface area contributed by atoms with E-state index in [0.717, 1.165) is 26.2 Å². The normalized spacial score (nSPS) is 14.7. The highest BCUT2D eigenvalue weighted by Gasteiger charge is 2.09. The Hall–Kier alpha value is -1.64. The van der Waals surface area contributed by atoms with Gasteiger partial charge in [0.1, 0.15) is 0 Å². The van der Waals surface area contributed by atoms with E-state index in [9.17, 15) is 0 Å². The van der Waals surface area contributed by atoms with E-state index in [4.69, 9.17) is 9.59 Å². The van der Waals surface area contributed by atoms with Crippen molar-refractivity contribution in [3.05, 3.63) is 29.8 Å². The molecule has 1 N–H and O–H groups in total. The fraction of sp³-hybridized carbons (Fsp3) is 0.417. The van der Waals surface area contributed by atoms with Crippen LogP contribution >= 0.6 is 0 Å². The summed E-state index contributed by atoms with van der Waals surface area (Å²) in [4.78, 5) is 18.7. The van der Waals surface area contributed by atoms with E-state index in [2.05, 4.69) is 41.4 Å². The highest BCUT2D eigenvalue weighted by Crippen LogP contribution is 2.15. The molecule has 16 heavy (non-hydrogen) atoms. The zero-order valence-electron chi connectivity index (χ0n) is 9.40. The van der Waals surface area contributed by atoms with Crippen molar-refractivity contribution in [1.82, 2.24) is 5.32 Å². The van der Waals surface area contributed by atoms with Crippen LogP contribution in [0.25, 0.3) is 0 Å². The van der Waals surface area contributed by atoms with Crippen molar-refractivity contribution in [3.63, 3.8) is 0 Å². The van der Waals surface area contributed by atoms with Gasteiger partial charge in [0.05, 0.1) is 0 Å². The first kappa shape index (κ1) is 12.4. The third kappa shape index (κ3) is 3.85. The molecular formula is C12H16N2O2. The molecule has 0 bridgehead atoms. The van der Waals surface area contributed by atoms with E-state index in [1.54, 1.807) is 0 Å². The van der Waals surface area contributed by atoms with Crippen molar-refractivity contribution in [2.75, 3.05) is 31.1 Å². The fourth-order valence-electron chi connectivity index (χ4n) is 1.75. The van der Waals surface area contributed by atoms with Crippen LogP contribution in [0, 0.1) is 6.92 Å². The number of hydrogen-bond acceptors (Lipinski definition) is 4. The second kappa shape index (κ2) is 6.77. The van der Waals surface area contributed by atoms with Crippen molar-refractivity contribution in [1.29, 1.82) is 0 Å². The molecule has 86 valence electrons. The first-order valence-corrected chi connectivity index (χ1v) is 5.29. The summed E-state index contributed by atoms with van der Waals surface area (Å²) in [6.07, 6.45) is 0.250. The van der Waals surface area contributed by atoms with Crippen molar-refractivity contribution in [2.24, 2.45) is 0 Å². The maximum absolute atomic E-state index is 8.12. The Morgan fingerprint density at radius 2 is 1.88 bits per heavy atom. The number of anilines is 1. The number of piperazine rings is 1. The monoisotopic (exact) mass is 220 g/mol. The third-order valence-corrected chi connectivity index (χ3v) is 2.48. The number of aryl methyl sites for hydroxylation is 1. The van der Waals surface area contributed by atoms with Gasteiger partial charge >= 0.3 is 6.15 Å². The lowest BCUT2D eigenvalue weighted by Crippen LogP contribution is -2.43. The Kier molecular flexibility index (Phi) is 5.26. The van der Waals surface area contributed by atoms with Gasteiger partial charge in [0.25, 0.3) is 0 Å². The van der Waals surface area contributed by atoms with Gasteiger partial charge in [-0.1, -0.05) is 12.1 Å². The predicted octanol–water partition coefficient (Wildman–Crippen LogP) is 0.821. The summed E-state index contributed by atoms with van der Waals surface area (Å²) in [5.41, 5.74) is 2.71. The zero-order chi connectivity index (χ0) is 11.8. The van der Waals surface area contributed by atoms with E-state index < -0.39 is 0 Å². The van der Waals surface area contributed by atoms with Crippen molar-refractivity contribution >= 4 is 11.8 Å². The largest absolute Gasteiger partial charge is 0.373 e. The number of benzene rings is 1. The van der Waals surface area contributed by atoms with Crippen LogP contribution < -0.4 is 10.2 Å². The number of rotatable bonds is 1. The summed E-state index contributed by atoms with van der Waals surface area (Å²) in [5.74, 6) is 0. The number of nitrogens with zero attached hydrogens (tertiary/aromatic N) is 1. The topological polar surface area (TPSA) is 49.4 Å². The molecule has 0 amide bonds. The number of nitrogens with one attached hydrogen (secondary N) is 1. The quantitative estimate of drug-likeness (QED) is 0.761. The average molecular weight is 220 g/mol. The highest BCUT2D eigenvalue weighted by molar-refractivity contribution is 5.48. The van der Waals surface area contributed by atoms with Crippen LogP contribution in [-0.4, -0.2) is 32.3 Å². The number of hydrogen-bond donors (Lipinski definition) is 1. The molecule has 0 saturated carbocycles. The number of carbonyl (C=O) groups excluding carboxylic acids is 2. The maximum Gasteiger partial charge on any atom is 0.373 e. The van der Waals surface area contributed by atoms with Gasteiger partial charge in [-0.15, -0.1) is 0 Å². The highest BCUT2D eigenvalue weighted by atomic mass is 16.2. The smallest absolute Gasteiger partial charge is 0.369 e. The van der Waals surface area contributed by atoms with Crippen molar-refractivity contribution in [3.8, 4) is 0 Å². The molecule has 0 radical (unpaired) electrons. The van der Waals surface area contributed by atoms with Gasteiger partial charge in [0, 0.05) is 31.9 Å². The molecule has 1 aliphatic heterocycles. The van der Waals surface area contributed by atoms with Crippen molar-refractivity contribution in [2.45, 2.75) is 6.92 Å². The molecule has 4 nitrogen and oxygen atoms in total. The maximum atomic E-state index is 8.12. The van der Waals surface area contributed by atoms with Crippen LogP contribution in [0.4, 0.5) is 5.69 Å². The standard InChI is InChI=1S/C11H16N2.CO2/c1-10-3-2-4-11(9-10)13-7-5-12-6-8-13;2-1-3/h2-4,9,12H,5-8H2,1H3;. The Balaban J connectivity index is 0.000000386. The van der Waals surface area contributed by atoms with Crippen LogP contribution in [0.5, 0.6) is 0 Å². The Morgan fingerprint density at radius 1 is 1.25 bits per heavy atom. The predicted molar refractivity (Wildman–Crippen MR) is 61.3 cm³/mol. The molecule has 1 aromatic carbocycles. The first-order valence-electron chi connectivity index (χ1n) is 5.29. The van der Waals surface area contributed by atoms with Crippen LogP contribution in [0.3, 0.4) is 0 Å². The molecular weight excluding hydrogens is 204 g/mol. The lowest BCUT2D eigenvalue weighted by molar-refractivity contribution is -0.191. The van der Waals surface area contributed by atoms with Gasteiger partial charge in [-0.25, -0.2) is 0 Å². The molecule has 0 atom stereocenters. The SMILES string of the molecule is Cc1cccc(N2CCNCC2)c1.O=C=O. The first-order chi connectivity index (χ1) is 7.77. The van der Waals surface area contributed by atoms with Gasteiger partial charge < -0.3 is 10.2 Å². The fourth-order valence-corrected chi connectivity index (χ4v) is 1.75. The summed E-state index contributed by atoms with van der Waals surface area (Å²) in [6, 6.07) is 8.72. The summed E-state index contributed by atoms with van der Waals surface area (Å²) < 4.78 is 0. The molecule has 0 aliphatic carbocycles. The molecule has 2 rings (SSSR count). The zero-order valence-corrected chi connectivity index (χ0v) is 9.40. The van der Waals surface area contributed by atoms with E-state index in [0.29, 0.717) is 0 Å². The van der Waals surface area contributed by atoms with Gasteiger partial charge in [0.15, 0.2) is 0 Å². The summed E-state index contributed by atoms with van der Waals surface area (Å²) >= 11 is 0. The third-order valence-electron chi connectivity index (χ3n) is 2.48. The second-order valence-corrected chi connectivity index (χ2v) is 3.66. The van der Waals surface area contributed by atoms with Crippen LogP contribution in [0.2, 0.25) is 0 Å². The molecule has 1 saturated heterocycles. The lowest BCUT2D eigenvalue weighted by Gasteiger charge is -2.29. The Bertz CT molecular complexity index is 354. The van der Waals surface area contributed by atoms with E-state index in [1.807, 2.05) is 0 Å². The molecule has 4 heteroatoms. The minimum Gasteiger partial charge on any atom is -0.369 e. The van der Waals surface area contributed by atoms with E-state index in [-0.39, 0.29) is 6.15 Å². The molecule has 1 heterocycles. The summed E-state index contributed by atoms with van der Waals surface area (Å²) in [6.45, 7) is 6.61. The van der Waals surface area contributed by atoms with Gasteiger partial charge in [-0.05, 0) is 24.6 Å². The van der Waals surface area contributed by atoms with Crippen molar-refractivity contribution < 1.29 is 9.59 Å². The van der Waals surface area contributed by atoms with Gasteiger partial charge in [-0.3, -0.25) is 0 Å². The van der Waals surface area contributed by atoms with E-state index in [1.165, 1.54) is 11.3 Å². The molecule has 1 fully saturated rings. The lowest BCUT2D eigenvalue weighted by atomic mass is 10.2. The van der Waals surface area contributed by atoms with Crippen LogP contribution in [0.15, 0.2) is 24.3 Å².